The number of amides is 1. The van der Waals surface area contributed by atoms with Crippen LogP contribution < -0.4 is 10.2 Å². The summed E-state index contributed by atoms with van der Waals surface area (Å²) in [7, 11) is 0. The Morgan fingerprint density at radius 1 is 1.00 bits per heavy atom. The van der Waals surface area contributed by atoms with Crippen LogP contribution in [0.5, 0.6) is 0 Å². The third-order valence-electron chi connectivity index (χ3n) is 9.86. The van der Waals surface area contributed by atoms with Crippen LogP contribution in [0.4, 0.5) is 17.1 Å². The first-order valence-corrected chi connectivity index (χ1v) is 14.0. The van der Waals surface area contributed by atoms with Crippen molar-refractivity contribution in [3.8, 4) is 0 Å². The van der Waals surface area contributed by atoms with Gasteiger partial charge in [-0.25, -0.2) is 0 Å². The molecule has 4 aliphatic carbocycles. The highest BCUT2D eigenvalue weighted by atomic mass is 16.6. The molecule has 1 saturated heterocycles. The van der Waals surface area contributed by atoms with Gasteiger partial charge in [0.05, 0.1) is 4.92 Å². The summed E-state index contributed by atoms with van der Waals surface area (Å²) in [5.74, 6) is 2.61. The molecule has 7 rings (SSSR count). The summed E-state index contributed by atoms with van der Waals surface area (Å²) in [5, 5.41) is 15.6. The van der Waals surface area contributed by atoms with E-state index < -0.39 is 0 Å². The van der Waals surface area contributed by atoms with Gasteiger partial charge in [0, 0.05) is 49.5 Å². The van der Waals surface area contributed by atoms with Crippen molar-refractivity contribution in [1.82, 2.24) is 4.90 Å². The Morgan fingerprint density at radius 3 is 2.22 bits per heavy atom. The van der Waals surface area contributed by atoms with Gasteiger partial charge in [-0.15, -0.1) is 0 Å². The molecule has 0 unspecified atom stereocenters. The molecule has 5 fully saturated rings. The SMILES string of the molecule is Cc1ccccc1C(=O)N1CCN(c2ccc([N+](=O)[O-])c(N[C@H](C)C34CC5CC(CC(C5)C3)C4)c2)CC1. The third kappa shape index (κ3) is 4.47. The molecule has 5 aliphatic rings. The summed E-state index contributed by atoms with van der Waals surface area (Å²) in [6.07, 6.45) is 7.95. The molecule has 0 aromatic heterocycles. The standard InChI is InChI=1S/C30H38N4O3/c1-20-5-3-4-6-26(20)29(35)33-11-9-32(10-12-33)25-7-8-28(34(36)37)27(16-25)31-21(2)30-17-22-13-23(18-30)15-24(14-22)19-30/h3-8,16,21-24,31H,9-15,17-19H2,1-2H3/t21-,22?,23?,24?,30?/m1/s1. The Morgan fingerprint density at radius 2 is 1.62 bits per heavy atom. The maximum atomic E-state index is 13.0. The summed E-state index contributed by atoms with van der Waals surface area (Å²) in [4.78, 5) is 28.9. The van der Waals surface area contributed by atoms with Gasteiger partial charge in [-0.05, 0) is 99.3 Å². The molecule has 7 nitrogen and oxygen atoms in total. The summed E-state index contributed by atoms with van der Waals surface area (Å²) in [5.41, 5.74) is 3.78. The molecule has 2 aromatic carbocycles. The average molecular weight is 503 g/mol. The molecule has 1 N–H and O–H groups in total. The van der Waals surface area contributed by atoms with Crippen molar-refractivity contribution in [2.24, 2.45) is 23.2 Å². The minimum atomic E-state index is -0.267. The molecule has 1 atom stereocenters. The van der Waals surface area contributed by atoms with Gasteiger partial charge in [0.2, 0.25) is 0 Å². The Kier molecular flexibility index (Phi) is 6.12. The number of rotatable bonds is 6. The molecule has 2 aromatic rings. The minimum Gasteiger partial charge on any atom is -0.376 e. The number of hydrogen-bond donors (Lipinski definition) is 1. The monoisotopic (exact) mass is 502 g/mol. The lowest BCUT2D eigenvalue weighted by Gasteiger charge is -2.59. The van der Waals surface area contributed by atoms with E-state index >= 15 is 0 Å². The van der Waals surface area contributed by atoms with E-state index in [0.29, 0.717) is 31.9 Å². The van der Waals surface area contributed by atoms with Crippen molar-refractivity contribution >= 4 is 23.0 Å². The second-order valence-electron chi connectivity index (χ2n) is 12.2. The largest absolute Gasteiger partial charge is 0.376 e. The first-order valence-electron chi connectivity index (χ1n) is 14.0. The third-order valence-corrected chi connectivity index (χ3v) is 9.86. The highest BCUT2D eigenvalue weighted by Crippen LogP contribution is 2.61. The molecule has 1 heterocycles. The minimum absolute atomic E-state index is 0.0770. The number of nitro benzene ring substituents is 1. The number of carbonyl (C=O) groups excluding carboxylic acids is 1. The second-order valence-corrected chi connectivity index (χ2v) is 12.2. The lowest BCUT2D eigenvalue weighted by atomic mass is 9.48. The van der Waals surface area contributed by atoms with Gasteiger partial charge >= 0.3 is 0 Å². The maximum absolute atomic E-state index is 13.0. The highest BCUT2D eigenvalue weighted by molar-refractivity contribution is 5.95. The van der Waals surface area contributed by atoms with Gasteiger partial charge in [-0.2, -0.15) is 0 Å². The maximum Gasteiger partial charge on any atom is 0.292 e. The second kappa shape index (κ2) is 9.34. The van der Waals surface area contributed by atoms with Gasteiger partial charge in [0.15, 0.2) is 0 Å². The molecule has 37 heavy (non-hydrogen) atoms. The van der Waals surface area contributed by atoms with Crippen molar-refractivity contribution in [2.45, 2.75) is 58.4 Å². The van der Waals surface area contributed by atoms with Crippen LogP contribution in [0.15, 0.2) is 42.5 Å². The summed E-state index contributed by atoms with van der Waals surface area (Å²) >= 11 is 0. The first-order chi connectivity index (χ1) is 17.8. The zero-order valence-electron chi connectivity index (χ0n) is 22.0. The summed E-state index contributed by atoms with van der Waals surface area (Å²) in [6, 6.07) is 13.4. The molecule has 0 spiro atoms. The summed E-state index contributed by atoms with van der Waals surface area (Å²) in [6.45, 7) is 6.91. The van der Waals surface area contributed by atoms with E-state index in [9.17, 15) is 14.9 Å². The Bertz CT molecular complexity index is 1170. The first kappa shape index (κ1) is 24.3. The van der Waals surface area contributed by atoms with Crippen LogP contribution in [0.25, 0.3) is 0 Å². The highest BCUT2D eigenvalue weighted by Gasteiger charge is 2.53. The van der Waals surface area contributed by atoms with Gasteiger partial charge in [0.1, 0.15) is 5.69 Å². The summed E-state index contributed by atoms with van der Waals surface area (Å²) < 4.78 is 0. The topological polar surface area (TPSA) is 78.7 Å². The smallest absolute Gasteiger partial charge is 0.292 e. The predicted octanol–water partition coefficient (Wildman–Crippen LogP) is 5.88. The number of nitrogens with zero attached hydrogens (tertiary/aromatic N) is 3. The van der Waals surface area contributed by atoms with E-state index in [1.165, 1.54) is 38.5 Å². The molecule has 7 heteroatoms. The van der Waals surface area contributed by atoms with E-state index in [4.69, 9.17) is 0 Å². The van der Waals surface area contributed by atoms with Crippen LogP contribution in [0.1, 0.15) is 61.4 Å². The van der Waals surface area contributed by atoms with E-state index in [1.807, 2.05) is 48.2 Å². The Hall–Kier alpha value is -3.09. The zero-order valence-corrected chi connectivity index (χ0v) is 22.0. The lowest BCUT2D eigenvalue weighted by molar-refractivity contribution is -0.384. The van der Waals surface area contributed by atoms with Crippen LogP contribution in [0, 0.1) is 40.2 Å². The van der Waals surface area contributed by atoms with E-state index in [1.54, 1.807) is 6.07 Å². The van der Waals surface area contributed by atoms with Crippen LogP contribution in [-0.4, -0.2) is 48.0 Å². The number of aryl methyl sites for hydroxylation is 1. The number of anilines is 2. The molecule has 4 saturated carbocycles. The fourth-order valence-electron chi connectivity index (χ4n) is 8.24. The molecule has 4 bridgehead atoms. The van der Waals surface area contributed by atoms with Crippen molar-refractivity contribution in [1.29, 1.82) is 0 Å². The van der Waals surface area contributed by atoms with Crippen LogP contribution in [0.3, 0.4) is 0 Å². The Balaban J connectivity index is 1.17. The van der Waals surface area contributed by atoms with Crippen molar-refractivity contribution in [3.63, 3.8) is 0 Å². The normalized spacial score (nSPS) is 29.3. The Labute approximate surface area is 219 Å². The molecular weight excluding hydrogens is 464 g/mol. The van der Waals surface area contributed by atoms with E-state index in [-0.39, 0.29) is 28.0 Å². The van der Waals surface area contributed by atoms with Gasteiger partial charge in [0.25, 0.3) is 11.6 Å². The molecule has 196 valence electrons. The fraction of sp³-hybridized carbons (Fsp3) is 0.567. The number of carbonyl (C=O) groups is 1. The van der Waals surface area contributed by atoms with Gasteiger partial charge in [-0.1, -0.05) is 18.2 Å². The van der Waals surface area contributed by atoms with Crippen LogP contribution in [-0.2, 0) is 0 Å². The van der Waals surface area contributed by atoms with E-state index in [0.717, 1.165) is 34.6 Å². The molecule has 1 amide bonds. The number of hydrogen-bond acceptors (Lipinski definition) is 5. The average Bonchev–Trinajstić information content (AvgIpc) is 2.88. The van der Waals surface area contributed by atoms with Crippen molar-refractivity contribution in [3.05, 3.63) is 63.7 Å². The van der Waals surface area contributed by atoms with Crippen molar-refractivity contribution in [2.75, 3.05) is 36.4 Å². The quantitative estimate of drug-likeness (QED) is 0.394. The van der Waals surface area contributed by atoms with E-state index in [2.05, 4.69) is 17.1 Å². The number of nitro groups is 1. The van der Waals surface area contributed by atoms with Gasteiger partial charge in [-0.3, -0.25) is 14.9 Å². The van der Waals surface area contributed by atoms with Crippen LogP contribution in [0.2, 0.25) is 0 Å². The number of benzene rings is 2. The lowest BCUT2D eigenvalue weighted by Crippen LogP contribution is -2.53. The predicted molar refractivity (Wildman–Crippen MR) is 146 cm³/mol. The fourth-order valence-corrected chi connectivity index (χ4v) is 8.24. The van der Waals surface area contributed by atoms with Crippen LogP contribution >= 0.6 is 0 Å². The molecular formula is C30H38N4O3. The molecule has 0 radical (unpaired) electrons. The zero-order chi connectivity index (χ0) is 25.7. The molecule has 1 aliphatic heterocycles. The number of piperazine rings is 1. The van der Waals surface area contributed by atoms with Crippen molar-refractivity contribution < 1.29 is 9.72 Å². The van der Waals surface area contributed by atoms with Gasteiger partial charge < -0.3 is 15.1 Å². The number of nitrogens with one attached hydrogen (secondary N) is 1.